The topological polar surface area (TPSA) is 47.6 Å². The van der Waals surface area contributed by atoms with Crippen molar-refractivity contribution in [2.24, 2.45) is 0 Å². The predicted octanol–water partition coefficient (Wildman–Crippen LogP) is 2.57. The molecule has 1 aromatic carbocycles. The number of para-hydroxylation sites is 1. The predicted molar refractivity (Wildman–Crippen MR) is 88.7 cm³/mol. The van der Waals surface area contributed by atoms with Gasteiger partial charge in [0.25, 0.3) is 0 Å². The third-order valence-corrected chi connectivity index (χ3v) is 4.04. The molecule has 2 N–H and O–H groups in total. The maximum atomic E-state index is 13.6. The number of nitrogens with one attached hydrogen (secondary N) is 2. The Bertz CT molecular complexity index is 540. The summed E-state index contributed by atoms with van der Waals surface area (Å²) in [5.41, 5.74) is 1.35. The second-order valence-electron chi connectivity index (χ2n) is 5.66. The minimum atomic E-state index is -0.975. The number of halogens is 2. The van der Waals surface area contributed by atoms with Crippen LogP contribution in [0.4, 0.5) is 20.6 Å². The molecule has 0 saturated carbocycles. The number of alkyl halides is 1. The standard InChI is InChI=1S/C15H22ClFN4O/c1-18-8-11-7-10(17)9-21(11)15(22)19-13-6-4-5-12(16)14(13)20(2)3/h4-6,10-11,18H,7-9H2,1-3H3,(H,19,22)/t10-,11-/m0/s1. The first-order chi connectivity index (χ1) is 10.4. The highest BCUT2D eigenvalue weighted by molar-refractivity contribution is 6.34. The lowest BCUT2D eigenvalue weighted by Crippen LogP contribution is -2.43. The molecule has 0 aromatic heterocycles. The molecule has 2 atom stereocenters. The maximum absolute atomic E-state index is 13.6. The van der Waals surface area contributed by atoms with E-state index in [1.807, 2.05) is 19.0 Å². The number of carbonyl (C=O) groups is 1. The monoisotopic (exact) mass is 328 g/mol. The SMILES string of the molecule is CNC[C@@H]1C[C@H](F)CN1C(=O)Nc1cccc(Cl)c1N(C)C. The van der Waals surface area contributed by atoms with Gasteiger partial charge < -0.3 is 20.4 Å². The van der Waals surface area contributed by atoms with Crippen molar-refractivity contribution in [1.29, 1.82) is 0 Å². The van der Waals surface area contributed by atoms with Crippen LogP contribution in [0.5, 0.6) is 0 Å². The fourth-order valence-corrected chi connectivity index (χ4v) is 3.14. The van der Waals surface area contributed by atoms with Crippen molar-refractivity contribution in [3.05, 3.63) is 23.2 Å². The zero-order chi connectivity index (χ0) is 16.3. The largest absolute Gasteiger partial charge is 0.375 e. The Morgan fingerprint density at radius 3 is 2.86 bits per heavy atom. The van der Waals surface area contributed by atoms with Gasteiger partial charge in [-0.15, -0.1) is 0 Å². The number of nitrogens with zero attached hydrogens (tertiary/aromatic N) is 2. The van der Waals surface area contributed by atoms with E-state index in [9.17, 15) is 9.18 Å². The van der Waals surface area contributed by atoms with Gasteiger partial charge >= 0.3 is 6.03 Å². The molecule has 0 aliphatic carbocycles. The fourth-order valence-electron chi connectivity index (χ4n) is 2.80. The number of benzene rings is 1. The molecule has 2 rings (SSSR count). The third-order valence-electron chi connectivity index (χ3n) is 3.74. The lowest BCUT2D eigenvalue weighted by molar-refractivity contribution is 0.203. The zero-order valence-corrected chi connectivity index (χ0v) is 13.8. The van der Waals surface area contributed by atoms with Crippen molar-refractivity contribution in [2.45, 2.75) is 18.6 Å². The summed E-state index contributed by atoms with van der Waals surface area (Å²) in [5, 5.41) is 6.40. The van der Waals surface area contributed by atoms with E-state index in [2.05, 4.69) is 10.6 Å². The highest BCUT2D eigenvalue weighted by atomic mass is 35.5. The molecule has 122 valence electrons. The number of likely N-dealkylation sites (tertiary alicyclic amines) is 1. The van der Waals surface area contributed by atoms with Crippen molar-refractivity contribution in [3.8, 4) is 0 Å². The van der Waals surface area contributed by atoms with Gasteiger partial charge in [0.05, 0.1) is 22.9 Å². The van der Waals surface area contributed by atoms with Crippen LogP contribution >= 0.6 is 11.6 Å². The molecular formula is C15H22ClFN4O. The smallest absolute Gasteiger partial charge is 0.322 e. The number of hydrogen-bond donors (Lipinski definition) is 2. The first-order valence-electron chi connectivity index (χ1n) is 7.26. The van der Waals surface area contributed by atoms with Gasteiger partial charge in [0.15, 0.2) is 0 Å². The lowest BCUT2D eigenvalue weighted by atomic mass is 10.2. The molecule has 0 spiro atoms. The van der Waals surface area contributed by atoms with Crippen LogP contribution in [0.15, 0.2) is 18.2 Å². The summed E-state index contributed by atoms with van der Waals surface area (Å²) in [5.74, 6) is 0. The quantitative estimate of drug-likeness (QED) is 0.893. The number of hydrogen-bond acceptors (Lipinski definition) is 3. The second-order valence-corrected chi connectivity index (χ2v) is 6.06. The molecule has 1 aliphatic heterocycles. The van der Waals surface area contributed by atoms with Crippen molar-refractivity contribution in [2.75, 3.05) is 44.4 Å². The summed E-state index contributed by atoms with van der Waals surface area (Å²) in [4.78, 5) is 15.9. The Morgan fingerprint density at radius 1 is 1.50 bits per heavy atom. The van der Waals surface area contributed by atoms with Gasteiger partial charge in [-0.05, 0) is 19.2 Å². The summed E-state index contributed by atoms with van der Waals surface area (Å²) < 4.78 is 13.6. The summed E-state index contributed by atoms with van der Waals surface area (Å²) in [6.07, 6.45) is -0.610. The molecule has 1 saturated heterocycles. The molecule has 22 heavy (non-hydrogen) atoms. The number of amides is 2. The molecule has 0 radical (unpaired) electrons. The van der Waals surface area contributed by atoms with Gasteiger partial charge in [-0.2, -0.15) is 0 Å². The van der Waals surface area contributed by atoms with Crippen LogP contribution in [0.3, 0.4) is 0 Å². The Balaban J connectivity index is 2.17. The van der Waals surface area contributed by atoms with Gasteiger partial charge in [-0.1, -0.05) is 17.7 Å². The molecular weight excluding hydrogens is 307 g/mol. The summed E-state index contributed by atoms with van der Waals surface area (Å²) >= 11 is 6.19. The number of anilines is 2. The Morgan fingerprint density at radius 2 is 2.23 bits per heavy atom. The van der Waals surface area contributed by atoms with Crippen LogP contribution in [0.25, 0.3) is 0 Å². The zero-order valence-electron chi connectivity index (χ0n) is 13.1. The average Bonchev–Trinajstić information content (AvgIpc) is 2.80. The van der Waals surface area contributed by atoms with E-state index in [4.69, 9.17) is 11.6 Å². The lowest BCUT2D eigenvalue weighted by Gasteiger charge is -2.26. The molecule has 0 unspecified atom stereocenters. The van der Waals surface area contributed by atoms with Crippen LogP contribution < -0.4 is 15.5 Å². The number of rotatable bonds is 4. The van der Waals surface area contributed by atoms with Crippen LogP contribution in [0, 0.1) is 0 Å². The van der Waals surface area contributed by atoms with Crippen LogP contribution in [0.2, 0.25) is 5.02 Å². The first-order valence-corrected chi connectivity index (χ1v) is 7.64. The number of urea groups is 1. The van der Waals surface area contributed by atoms with E-state index in [0.29, 0.717) is 23.7 Å². The Labute approximate surface area is 135 Å². The summed E-state index contributed by atoms with van der Waals surface area (Å²) in [7, 11) is 5.50. The highest BCUT2D eigenvalue weighted by Crippen LogP contribution is 2.33. The van der Waals surface area contributed by atoms with Crippen molar-refractivity contribution < 1.29 is 9.18 Å². The van der Waals surface area contributed by atoms with Crippen LogP contribution in [-0.2, 0) is 0 Å². The average molecular weight is 329 g/mol. The van der Waals surface area contributed by atoms with E-state index in [-0.39, 0.29) is 18.6 Å². The van der Waals surface area contributed by atoms with Crippen LogP contribution in [-0.4, -0.2) is 57.4 Å². The Kier molecular flexibility index (Phi) is 5.47. The molecule has 2 amide bonds. The van der Waals surface area contributed by atoms with E-state index in [1.165, 1.54) is 0 Å². The molecule has 7 heteroatoms. The van der Waals surface area contributed by atoms with Gasteiger partial charge in [0.1, 0.15) is 6.17 Å². The van der Waals surface area contributed by atoms with Gasteiger partial charge in [-0.3, -0.25) is 0 Å². The second kappa shape index (κ2) is 7.15. The third kappa shape index (κ3) is 3.62. The number of carbonyl (C=O) groups excluding carboxylic acids is 1. The van der Waals surface area contributed by atoms with Crippen molar-refractivity contribution in [1.82, 2.24) is 10.2 Å². The van der Waals surface area contributed by atoms with Gasteiger partial charge in [0, 0.05) is 33.1 Å². The van der Waals surface area contributed by atoms with Gasteiger partial charge in [0.2, 0.25) is 0 Å². The molecule has 1 heterocycles. The van der Waals surface area contributed by atoms with E-state index in [0.717, 1.165) is 5.69 Å². The maximum Gasteiger partial charge on any atom is 0.322 e. The molecule has 1 aromatic rings. The summed E-state index contributed by atoms with van der Waals surface area (Å²) in [6, 6.07) is 4.89. The van der Waals surface area contributed by atoms with E-state index in [1.54, 1.807) is 30.1 Å². The normalized spacial score (nSPS) is 21.0. The van der Waals surface area contributed by atoms with E-state index < -0.39 is 6.17 Å². The van der Waals surface area contributed by atoms with Gasteiger partial charge in [-0.25, -0.2) is 9.18 Å². The van der Waals surface area contributed by atoms with Crippen molar-refractivity contribution >= 4 is 29.0 Å². The summed E-state index contributed by atoms with van der Waals surface area (Å²) in [6.45, 7) is 0.694. The molecule has 1 fully saturated rings. The molecule has 1 aliphatic rings. The first kappa shape index (κ1) is 16.8. The Hall–Kier alpha value is -1.53. The fraction of sp³-hybridized carbons (Fsp3) is 0.533. The highest BCUT2D eigenvalue weighted by Gasteiger charge is 2.35. The molecule has 0 bridgehead atoms. The molecule has 5 nitrogen and oxygen atoms in total. The van der Waals surface area contributed by atoms with Crippen LogP contribution in [0.1, 0.15) is 6.42 Å². The minimum Gasteiger partial charge on any atom is -0.375 e. The van der Waals surface area contributed by atoms with E-state index >= 15 is 0 Å². The number of likely N-dealkylation sites (N-methyl/N-ethyl adjacent to an activating group) is 1. The minimum absolute atomic E-state index is 0.121. The van der Waals surface area contributed by atoms with Crippen molar-refractivity contribution in [3.63, 3.8) is 0 Å².